The summed E-state index contributed by atoms with van der Waals surface area (Å²) in [5.74, 6) is 2.56. The van der Waals surface area contributed by atoms with E-state index < -0.39 is 0 Å². The second kappa shape index (κ2) is 5.30. The van der Waals surface area contributed by atoms with Gasteiger partial charge in [0.2, 0.25) is 0 Å². The van der Waals surface area contributed by atoms with Crippen molar-refractivity contribution in [2.24, 2.45) is 5.73 Å². The largest absolute Gasteiger partial charge is 0.484 e. The maximum atomic E-state index is 5.64. The molecule has 100 valence electrons. The number of aromatic nitrogens is 2. The molecule has 0 aliphatic heterocycles. The fourth-order valence-electron chi connectivity index (χ4n) is 1.78. The van der Waals surface area contributed by atoms with Crippen LogP contribution in [0, 0.1) is 0 Å². The van der Waals surface area contributed by atoms with Crippen molar-refractivity contribution in [2.75, 3.05) is 0 Å². The van der Waals surface area contributed by atoms with Crippen LogP contribution in [-0.2, 0) is 13.2 Å². The van der Waals surface area contributed by atoms with Crippen molar-refractivity contribution < 1.29 is 9.26 Å². The van der Waals surface area contributed by atoms with Gasteiger partial charge in [-0.05, 0) is 36.6 Å². The molecule has 0 amide bonds. The molecule has 0 spiro atoms. The van der Waals surface area contributed by atoms with Gasteiger partial charge in [-0.2, -0.15) is 4.98 Å². The maximum Gasteiger partial charge on any atom is 0.264 e. The number of hydrogen-bond donors (Lipinski definition) is 1. The van der Waals surface area contributed by atoms with Gasteiger partial charge in [-0.3, -0.25) is 0 Å². The third-order valence-electron chi connectivity index (χ3n) is 3.03. The Morgan fingerprint density at radius 3 is 3.00 bits per heavy atom. The molecule has 0 bridgehead atoms. The van der Waals surface area contributed by atoms with Gasteiger partial charge in [0.15, 0.2) is 12.4 Å². The monoisotopic (exact) mass is 323 g/mol. The minimum atomic E-state index is 0.283. The Morgan fingerprint density at radius 1 is 1.42 bits per heavy atom. The second-order valence-electron chi connectivity index (χ2n) is 4.57. The predicted molar refractivity (Wildman–Crippen MR) is 72.6 cm³/mol. The van der Waals surface area contributed by atoms with E-state index in [1.807, 2.05) is 18.2 Å². The molecule has 1 saturated carbocycles. The smallest absolute Gasteiger partial charge is 0.264 e. The van der Waals surface area contributed by atoms with Crippen LogP contribution in [0.25, 0.3) is 0 Å². The molecule has 1 aliphatic carbocycles. The lowest BCUT2D eigenvalue weighted by atomic mass is 10.2. The molecule has 0 unspecified atom stereocenters. The molecule has 2 aromatic rings. The molecular weight excluding hydrogens is 310 g/mol. The SMILES string of the molecule is NCc1cc(OCc2nc(C3CC3)no2)ccc1Br. The summed E-state index contributed by atoms with van der Waals surface area (Å²) >= 11 is 3.44. The molecule has 0 atom stereocenters. The third-order valence-corrected chi connectivity index (χ3v) is 3.80. The van der Waals surface area contributed by atoms with E-state index in [0.717, 1.165) is 34.5 Å². The van der Waals surface area contributed by atoms with Crippen LogP contribution in [0.1, 0.15) is 36.0 Å². The van der Waals surface area contributed by atoms with Crippen molar-refractivity contribution in [2.45, 2.75) is 31.9 Å². The number of rotatable bonds is 5. The highest BCUT2D eigenvalue weighted by atomic mass is 79.9. The van der Waals surface area contributed by atoms with Crippen LogP contribution in [0.4, 0.5) is 0 Å². The van der Waals surface area contributed by atoms with Crippen molar-refractivity contribution in [3.63, 3.8) is 0 Å². The summed E-state index contributed by atoms with van der Waals surface area (Å²) in [4.78, 5) is 4.31. The lowest BCUT2D eigenvalue weighted by Gasteiger charge is -2.06. The van der Waals surface area contributed by atoms with E-state index in [1.54, 1.807) is 0 Å². The highest BCUT2D eigenvalue weighted by molar-refractivity contribution is 9.10. The van der Waals surface area contributed by atoms with E-state index in [1.165, 1.54) is 0 Å². The predicted octanol–water partition coefficient (Wildman–Crippen LogP) is 2.75. The molecule has 3 rings (SSSR count). The van der Waals surface area contributed by atoms with Gasteiger partial charge in [0, 0.05) is 16.9 Å². The van der Waals surface area contributed by atoms with Crippen molar-refractivity contribution >= 4 is 15.9 Å². The Bertz CT molecular complexity index is 581. The van der Waals surface area contributed by atoms with Gasteiger partial charge in [0.1, 0.15) is 5.75 Å². The van der Waals surface area contributed by atoms with Crippen molar-refractivity contribution in [1.82, 2.24) is 10.1 Å². The number of benzene rings is 1. The number of ether oxygens (including phenoxy) is 1. The van der Waals surface area contributed by atoms with Gasteiger partial charge >= 0.3 is 0 Å². The molecule has 1 aromatic heterocycles. The van der Waals surface area contributed by atoms with Gasteiger partial charge in [-0.25, -0.2) is 0 Å². The Hall–Kier alpha value is -1.40. The van der Waals surface area contributed by atoms with Gasteiger partial charge in [-0.15, -0.1) is 0 Å². The molecule has 5 nitrogen and oxygen atoms in total. The highest BCUT2D eigenvalue weighted by Gasteiger charge is 2.28. The minimum Gasteiger partial charge on any atom is -0.484 e. The first-order chi connectivity index (χ1) is 9.26. The van der Waals surface area contributed by atoms with Crippen LogP contribution >= 0.6 is 15.9 Å². The summed E-state index contributed by atoms with van der Waals surface area (Å²) in [6, 6.07) is 5.70. The zero-order valence-corrected chi connectivity index (χ0v) is 11.9. The fourth-order valence-corrected chi connectivity index (χ4v) is 2.18. The fraction of sp³-hybridized carbons (Fsp3) is 0.385. The highest BCUT2D eigenvalue weighted by Crippen LogP contribution is 2.38. The summed E-state index contributed by atoms with van der Waals surface area (Å²) in [5, 5.41) is 3.94. The lowest BCUT2D eigenvalue weighted by Crippen LogP contribution is -2.00. The van der Waals surface area contributed by atoms with Crippen LogP contribution in [-0.4, -0.2) is 10.1 Å². The van der Waals surface area contributed by atoms with Crippen molar-refractivity contribution in [3.8, 4) is 5.75 Å². The zero-order chi connectivity index (χ0) is 13.2. The first-order valence-electron chi connectivity index (χ1n) is 6.20. The summed E-state index contributed by atoms with van der Waals surface area (Å²) in [6.07, 6.45) is 2.32. The van der Waals surface area contributed by atoms with Gasteiger partial charge in [0.25, 0.3) is 5.89 Å². The molecule has 1 heterocycles. The topological polar surface area (TPSA) is 74.2 Å². The Morgan fingerprint density at radius 2 is 2.26 bits per heavy atom. The Labute approximate surface area is 119 Å². The average molecular weight is 324 g/mol. The third kappa shape index (κ3) is 2.96. The van der Waals surface area contributed by atoms with Gasteiger partial charge in [-0.1, -0.05) is 21.1 Å². The van der Waals surface area contributed by atoms with Gasteiger partial charge in [0.05, 0.1) is 0 Å². The average Bonchev–Trinajstić information content (AvgIpc) is 3.17. The van der Waals surface area contributed by atoms with E-state index in [9.17, 15) is 0 Å². The van der Waals surface area contributed by atoms with Crippen molar-refractivity contribution in [3.05, 3.63) is 40.0 Å². The maximum absolute atomic E-state index is 5.64. The number of halogens is 1. The first kappa shape index (κ1) is 12.6. The van der Waals surface area contributed by atoms with Crippen molar-refractivity contribution in [1.29, 1.82) is 0 Å². The molecule has 0 saturated heterocycles. The minimum absolute atomic E-state index is 0.283. The first-order valence-corrected chi connectivity index (χ1v) is 6.99. The normalized spacial score (nSPS) is 14.6. The van der Waals surface area contributed by atoms with E-state index in [2.05, 4.69) is 26.1 Å². The number of nitrogens with two attached hydrogens (primary N) is 1. The summed E-state index contributed by atoms with van der Waals surface area (Å²) in [7, 11) is 0. The second-order valence-corrected chi connectivity index (χ2v) is 5.42. The summed E-state index contributed by atoms with van der Waals surface area (Å²) in [5.41, 5.74) is 6.65. The molecule has 1 aromatic carbocycles. The van der Waals surface area contributed by atoms with Crippen LogP contribution in [0.2, 0.25) is 0 Å². The number of hydrogen-bond acceptors (Lipinski definition) is 5. The quantitative estimate of drug-likeness (QED) is 0.915. The van der Waals surface area contributed by atoms with E-state index in [0.29, 0.717) is 18.4 Å². The lowest BCUT2D eigenvalue weighted by molar-refractivity contribution is 0.242. The van der Waals surface area contributed by atoms with E-state index in [4.69, 9.17) is 15.0 Å². The van der Waals surface area contributed by atoms with Gasteiger partial charge < -0.3 is 15.0 Å². The molecular formula is C13H14BrN3O2. The zero-order valence-electron chi connectivity index (χ0n) is 10.3. The Balaban J connectivity index is 1.64. The molecule has 2 N–H and O–H groups in total. The summed E-state index contributed by atoms with van der Waals surface area (Å²) in [6.45, 7) is 0.746. The Kier molecular flexibility index (Phi) is 3.52. The standard InChI is InChI=1S/C13H14BrN3O2/c14-11-4-3-10(5-9(11)6-15)18-7-12-16-13(17-19-12)8-1-2-8/h3-5,8H,1-2,6-7,15H2. The van der Waals surface area contributed by atoms with Crippen LogP contribution in [0.3, 0.4) is 0 Å². The molecule has 1 aliphatic rings. The van der Waals surface area contributed by atoms with Crippen LogP contribution in [0.5, 0.6) is 5.75 Å². The molecule has 0 radical (unpaired) electrons. The summed E-state index contributed by atoms with van der Waals surface area (Å²) < 4.78 is 11.8. The van der Waals surface area contributed by atoms with E-state index in [-0.39, 0.29) is 6.61 Å². The van der Waals surface area contributed by atoms with Crippen LogP contribution in [0.15, 0.2) is 27.2 Å². The van der Waals surface area contributed by atoms with Crippen LogP contribution < -0.4 is 10.5 Å². The molecule has 6 heteroatoms. The molecule has 1 fully saturated rings. The molecule has 19 heavy (non-hydrogen) atoms. The number of nitrogens with zero attached hydrogens (tertiary/aromatic N) is 2. The van der Waals surface area contributed by atoms with E-state index >= 15 is 0 Å².